The first-order valence-electron chi connectivity index (χ1n) is 10.4. The largest absolute Gasteiger partial charge is 0.497 e. The van der Waals surface area contributed by atoms with Gasteiger partial charge in [-0.3, -0.25) is 14.4 Å². The smallest absolute Gasteiger partial charge is 0.325 e. The average Bonchev–Trinajstić information content (AvgIpc) is 2.86. The van der Waals surface area contributed by atoms with Crippen molar-refractivity contribution in [3.63, 3.8) is 0 Å². The number of nitrogens with one attached hydrogen (secondary N) is 2. The molecule has 1 aliphatic rings. The van der Waals surface area contributed by atoms with E-state index in [1.54, 1.807) is 24.3 Å². The predicted molar refractivity (Wildman–Crippen MR) is 121 cm³/mol. The molecular weight excluding hydrogens is 466 g/mol. The molecule has 0 spiro atoms. The molecule has 1 fully saturated rings. The van der Waals surface area contributed by atoms with E-state index >= 15 is 0 Å². The van der Waals surface area contributed by atoms with E-state index in [2.05, 4.69) is 10.6 Å². The van der Waals surface area contributed by atoms with Crippen LogP contribution in [-0.4, -0.2) is 77.1 Å². The number of amides is 2. The lowest BCUT2D eigenvalue weighted by Crippen LogP contribution is -2.40. The summed E-state index contributed by atoms with van der Waals surface area (Å²) in [6.07, 6.45) is 0. The van der Waals surface area contributed by atoms with Crippen LogP contribution in [0.3, 0.4) is 0 Å². The van der Waals surface area contributed by atoms with Crippen molar-refractivity contribution in [2.24, 2.45) is 0 Å². The summed E-state index contributed by atoms with van der Waals surface area (Å²) in [5.41, 5.74) is 0.571. The van der Waals surface area contributed by atoms with Crippen molar-refractivity contribution < 1.29 is 37.0 Å². The zero-order valence-electron chi connectivity index (χ0n) is 18.5. The number of hydrogen-bond donors (Lipinski definition) is 2. The topological polar surface area (TPSA) is 140 Å². The number of morpholine rings is 1. The van der Waals surface area contributed by atoms with Crippen molar-refractivity contribution in [2.75, 3.05) is 51.9 Å². The van der Waals surface area contributed by atoms with E-state index in [9.17, 15) is 22.8 Å². The molecule has 1 aliphatic heterocycles. The average molecular weight is 492 g/mol. The van der Waals surface area contributed by atoms with Crippen LogP contribution >= 0.6 is 0 Å². The van der Waals surface area contributed by atoms with Crippen LogP contribution in [0.25, 0.3) is 0 Å². The second-order valence-electron chi connectivity index (χ2n) is 7.16. The van der Waals surface area contributed by atoms with Gasteiger partial charge in [-0.25, -0.2) is 8.42 Å². The summed E-state index contributed by atoms with van der Waals surface area (Å²) >= 11 is 0. The van der Waals surface area contributed by atoms with Crippen LogP contribution in [0.5, 0.6) is 5.75 Å². The number of methoxy groups -OCH3 is 1. The minimum atomic E-state index is -3.72. The Labute approximate surface area is 197 Å². The van der Waals surface area contributed by atoms with E-state index < -0.39 is 41.0 Å². The minimum Gasteiger partial charge on any atom is -0.497 e. The highest BCUT2D eigenvalue weighted by Gasteiger charge is 2.26. The lowest BCUT2D eigenvalue weighted by atomic mass is 10.2. The molecule has 0 unspecified atom stereocenters. The number of ether oxygens (including phenoxy) is 3. The number of carbonyl (C=O) groups excluding carboxylic acids is 3. The third-order valence-corrected chi connectivity index (χ3v) is 6.73. The number of anilines is 1. The maximum atomic E-state index is 12.7. The monoisotopic (exact) mass is 491 g/mol. The molecular formula is C22H25N3O8S. The van der Waals surface area contributed by atoms with Gasteiger partial charge in [-0.1, -0.05) is 6.07 Å². The molecule has 182 valence electrons. The van der Waals surface area contributed by atoms with Crippen molar-refractivity contribution in [1.82, 2.24) is 9.62 Å². The first-order chi connectivity index (χ1) is 16.3. The minimum absolute atomic E-state index is 0.0328. The third-order valence-electron chi connectivity index (χ3n) is 4.84. The predicted octanol–water partition coefficient (Wildman–Crippen LogP) is 0.628. The van der Waals surface area contributed by atoms with E-state index in [4.69, 9.17) is 14.2 Å². The zero-order chi connectivity index (χ0) is 24.6. The van der Waals surface area contributed by atoms with Gasteiger partial charge in [-0.05, 0) is 42.5 Å². The molecule has 34 heavy (non-hydrogen) atoms. The number of rotatable bonds is 9. The van der Waals surface area contributed by atoms with Gasteiger partial charge in [0, 0.05) is 24.3 Å². The summed E-state index contributed by atoms with van der Waals surface area (Å²) in [5, 5.41) is 4.89. The SMILES string of the molecule is COc1ccc(C(=O)NCC(=O)OCC(=O)Nc2cccc(S(=O)(=O)N3CCOCC3)c2)cc1. The molecule has 2 aromatic rings. The summed E-state index contributed by atoms with van der Waals surface area (Å²) < 4.78 is 41.9. The second kappa shape index (κ2) is 11.6. The fraction of sp³-hybridized carbons (Fsp3) is 0.318. The molecule has 2 N–H and O–H groups in total. The Morgan fingerprint density at radius 1 is 1.06 bits per heavy atom. The van der Waals surface area contributed by atoms with E-state index in [1.807, 2.05) is 0 Å². The van der Waals surface area contributed by atoms with Gasteiger partial charge in [0.1, 0.15) is 12.3 Å². The van der Waals surface area contributed by atoms with E-state index in [0.717, 1.165) is 0 Å². The van der Waals surface area contributed by atoms with Gasteiger partial charge in [0.05, 0.1) is 25.2 Å². The lowest BCUT2D eigenvalue weighted by molar-refractivity contribution is -0.146. The second-order valence-corrected chi connectivity index (χ2v) is 9.10. The maximum Gasteiger partial charge on any atom is 0.325 e. The number of hydrogen-bond acceptors (Lipinski definition) is 8. The van der Waals surface area contributed by atoms with Crippen molar-refractivity contribution in [3.8, 4) is 5.75 Å². The van der Waals surface area contributed by atoms with Gasteiger partial charge >= 0.3 is 5.97 Å². The van der Waals surface area contributed by atoms with Crippen LogP contribution in [-0.2, 0) is 29.1 Å². The van der Waals surface area contributed by atoms with Crippen LogP contribution < -0.4 is 15.4 Å². The van der Waals surface area contributed by atoms with Crippen LogP contribution in [0.15, 0.2) is 53.4 Å². The molecule has 0 aliphatic carbocycles. The lowest BCUT2D eigenvalue weighted by Gasteiger charge is -2.26. The van der Waals surface area contributed by atoms with Crippen LogP contribution in [0, 0.1) is 0 Å². The fourth-order valence-electron chi connectivity index (χ4n) is 3.06. The van der Waals surface area contributed by atoms with Crippen LogP contribution in [0.1, 0.15) is 10.4 Å². The first-order valence-corrected chi connectivity index (χ1v) is 11.8. The number of esters is 1. The normalized spacial score (nSPS) is 14.1. The van der Waals surface area contributed by atoms with Crippen LogP contribution in [0.2, 0.25) is 0 Å². The van der Waals surface area contributed by atoms with Crippen molar-refractivity contribution in [2.45, 2.75) is 4.90 Å². The molecule has 0 bridgehead atoms. The first kappa shape index (κ1) is 25.1. The van der Waals surface area contributed by atoms with E-state index in [0.29, 0.717) is 24.5 Å². The number of carbonyl (C=O) groups is 3. The maximum absolute atomic E-state index is 12.7. The van der Waals surface area contributed by atoms with Crippen molar-refractivity contribution in [3.05, 3.63) is 54.1 Å². The quantitative estimate of drug-likeness (QED) is 0.487. The fourth-order valence-corrected chi connectivity index (χ4v) is 4.52. The van der Waals surface area contributed by atoms with Crippen LogP contribution in [0.4, 0.5) is 5.69 Å². The highest BCUT2D eigenvalue weighted by Crippen LogP contribution is 2.20. The summed E-state index contributed by atoms with van der Waals surface area (Å²) in [6, 6.07) is 12.1. The Bertz CT molecular complexity index is 1130. The summed E-state index contributed by atoms with van der Waals surface area (Å²) in [6.45, 7) is 0.125. The molecule has 2 aromatic carbocycles. The third kappa shape index (κ3) is 6.76. The molecule has 1 saturated heterocycles. The Kier molecular flexibility index (Phi) is 8.57. The molecule has 12 heteroatoms. The molecule has 0 saturated carbocycles. The Balaban J connectivity index is 1.46. The molecule has 0 radical (unpaired) electrons. The summed E-state index contributed by atoms with van der Waals surface area (Å²) in [4.78, 5) is 36.1. The Morgan fingerprint density at radius 3 is 2.44 bits per heavy atom. The standard InChI is InChI=1S/C22H25N3O8S/c1-31-18-7-5-16(6-8-18)22(28)23-14-21(27)33-15-20(26)24-17-3-2-4-19(13-17)34(29,30)25-9-11-32-12-10-25/h2-8,13H,9-12,14-15H2,1H3,(H,23,28)(H,24,26). The number of benzene rings is 2. The number of nitrogens with zero attached hydrogens (tertiary/aromatic N) is 1. The summed E-state index contributed by atoms with van der Waals surface area (Å²) in [5.74, 6) is -1.36. The molecule has 3 rings (SSSR count). The molecule has 2 amide bonds. The van der Waals surface area contributed by atoms with Gasteiger partial charge in [0.25, 0.3) is 11.8 Å². The highest BCUT2D eigenvalue weighted by atomic mass is 32.2. The van der Waals surface area contributed by atoms with Crippen molar-refractivity contribution >= 4 is 33.5 Å². The van der Waals surface area contributed by atoms with Crippen molar-refractivity contribution in [1.29, 1.82) is 0 Å². The van der Waals surface area contributed by atoms with E-state index in [1.165, 1.54) is 35.7 Å². The van der Waals surface area contributed by atoms with Gasteiger partial charge in [-0.15, -0.1) is 0 Å². The van der Waals surface area contributed by atoms with Gasteiger partial charge in [-0.2, -0.15) is 4.31 Å². The van der Waals surface area contributed by atoms with E-state index in [-0.39, 0.29) is 23.7 Å². The zero-order valence-corrected chi connectivity index (χ0v) is 19.3. The Hall–Kier alpha value is -3.48. The molecule has 1 heterocycles. The van der Waals surface area contributed by atoms with Gasteiger partial charge in [0.15, 0.2) is 6.61 Å². The Morgan fingerprint density at radius 2 is 1.76 bits per heavy atom. The van der Waals surface area contributed by atoms with Gasteiger partial charge in [0.2, 0.25) is 10.0 Å². The molecule has 0 atom stereocenters. The molecule has 0 aromatic heterocycles. The number of sulfonamides is 1. The summed E-state index contributed by atoms with van der Waals surface area (Å²) in [7, 11) is -2.21. The molecule has 11 nitrogen and oxygen atoms in total. The highest BCUT2D eigenvalue weighted by molar-refractivity contribution is 7.89. The van der Waals surface area contributed by atoms with Gasteiger partial charge < -0.3 is 24.8 Å².